The topological polar surface area (TPSA) is 26.0 Å². The lowest BCUT2D eigenvalue weighted by atomic mass is 10.1. The van der Waals surface area contributed by atoms with Crippen LogP contribution in [0.3, 0.4) is 0 Å². The van der Waals surface area contributed by atoms with E-state index in [9.17, 15) is 0 Å². The van der Waals surface area contributed by atoms with Crippen molar-refractivity contribution in [2.75, 3.05) is 0 Å². The predicted molar refractivity (Wildman–Crippen MR) is 58.0 cm³/mol. The van der Waals surface area contributed by atoms with Gasteiger partial charge >= 0.3 is 0 Å². The van der Waals surface area contributed by atoms with Gasteiger partial charge in [0.05, 0.1) is 0 Å². The first-order valence-corrected chi connectivity index (χ1v) is 5.06. The van der Waals surface area contributed by atoms with Crippen molar-refractivity contribution in [3.63, 3.8) is 0 Å². The van der Waals surface area contributed by atoms with Gasteiger partial charge in [0.15, 0.2) is 0 Å². The zero-order valence-electron chi connectivity index (χ0n) is 7.32. The SMILES string of the molecule is CCCCC(N)c1ccsc1.Cl. The lowest BCUT2D eigenvalue weighted by Crippen LogP contribution is -2.08. The van der Waals surface area contributed by atoms with Crippen LogP contribution < -0.4 is 5.73 Å². The molecule has 1 aromatic heterocycles. The van der Waals surface area contributed by atoms with Gasteiger partial charge in [-0.1, -0.05) is 19.8 Å². The highest BCUT2D eigenvalue weighted by molar-refractivity contribution is 7.07. The molecule has 1 aromatic rings. The normalized spacial score (nSPS) is 12.2. The van der Waals surface area contributed by atoms with E-state index in [0.717, 1.165) is 6.42 Å². The number of rotatable bonds is 4. The molecule has 12 heavy (non-hydrogen) atoms. The summed E-state index contributed by atoms with van der Waals surface area (Å²) in [6.07, 6.45) is 3.59. The molecule has 0 bridgehead atoms. The summed E-state index contributed by atoms with van der Waals surface area (Å²) < 4.78 is 0. The molecule has 0 aliphatic carbocycles. The number of hydrogen-bond donors (Lipinski definition) is 1. The molecular formula is C9H16ClNS. The first-order valence-electron chi connectivity index (χ1n) is 4.12. The minimum absolute atomic E-state index is 0. The average Bonchev–Trinajstić information content (AvgIpc) is 2.52. The second kappa shape index (κ2) is 6.46. The molecule has 1 nitrogen and oxygen atoms in total. The van der Waals surface area contributed by atoms with Crippen LogP contribution in [-0.2, 0) is 0 Å². The minimum Gasteiger partial charge on any atom is -0.324 e. The van der Waals surface area contributed by atoms with Crippen LogP contribution in [0, 0.1) is 0 Å². The van der Waals surface area contributed by atoms with E-state index in [2.05, 4.69) is 23.8 Å². The molecule has 3 heteroatoms. The Bertz CT molecular complexity index is 186. The van der Waals surface area contributed by atoms with Gasteiger partial charge in [-0.3, -0.25) is 0 Å². The molecule has 0 fully saturated rings. The van der Waals surface area contributed by atoms with E-state index in [4.69, 9.17) is 5.73 Å². The molecule has 0 aromatic carbocycles. The van der Waals surface area contributed by atoms with Crippen LogP contribution >= 0.6 is 23.7 Å². The molecule has 0 spiro atoms. The zero-order valence-corrected chi connectivity index (χ0v) is 8.96. The molecule has 1 heterocycles. The largest absolute Gasteiger partial charge is 0.324 e. The molecule has 2 N–H and O–H groups in total. The Balaban J connectivity index is 0.00000121. The summed E-state index contributed by atoms with van der Waals surface area (Å²) in [7, 11) is 0. The van der Waals surface area contributed by atoms with E-state index >= 15 is 0 Å². The highest BCUT2D eigenvalue weighted by Crippen LogP contribution is 2.18. The monoisotopic (exact) mass is 205 g/mol. The van der Waals surface area contributed by atoms with Crippen molar-refractivity contribution in [3.8, 4) is 0 Å². The van der Waals surface area contributed by atoms with Crippen LogP contribution in [-0.4, -0.2) is 0 Å². The minimum atomic E-state index is 0. The van der Waals surface area contributed by atoms with Crippen LogP contribution in [0.4, 0.5) is 0 Å². The number of unbranched alkanes of at least 4 members (excludes halogenated alkanes) is 1. The van der Waals surface area contributed by atoms with Crippen LogP contribution in [0.25, 0.3) is 0 Å². The van der Waals surface area contributed by atoms with Crippen LogP contribution in [0.1, 0.15) is 37.8 Å². The van der Waals surface area contributed by atoms with Gasteiger partial charge in [0.25, 0.3) is 0 Å². The van der Waals surface area contributed by atoms with Gasteiger partial charge in [-0.05, 0) is 28.8 Å². The van der Waals surface area contributed by atoms with Crippen molar-refractivity contribution in [2.24, 2.45) is 5.73 Å². The molecular weight excluding hydrogens is 190 g/mol. The molecule has 0 aliphatic heterocycles. The molecule has 0 radical (unpaired) electrons. The molecule has 1 atom stereocenters. The first-order chi connectivity index (χ1) is 5.34. The van der Waals surface area contributed by atoms with E-state index in [1.165, 1.54) is 18.4 Å². The number of hydrogen-bond acceptors (Lipinski definition) is 2. The predicted octanol–water partition coefficient (Wildman–Crippen LogP) is 3.36. The molecule has 0 aliphatic rings. The summed E-state index contributed by atoms with van der Waals surface area (Å²) in [5.41, 5.74) is 7.23. The Labute approximate surface area is 84.4 Å². The van der Waals surface area contributed by atoms with Crippen LogP contribution in [0.15, 0.2) is 16.8 Å². The number of thiophene rings is 1. The maximum Gasteiger partial charge on any atom is 0.0303 e. The summed E-state index contributed by atoms with van der Waals surface area (Å²) in [5, 5.41) is 4.22. The Morgan fingerprint density at radius 1 is 1.58 bits per heavy atom. The molecule has 0 saturated heterocycles. The fourth-order valence-electron chi connectivity index (χ4n) is 1.08. The van der Waals surface area contributed by atoms with E-state index in [0.29, 0.717) is 0 Å². The molecule has 70 valence electrons. The summed E-state index contributed by atoms with van der Waals surface area (Å²) in [5.74, 6) is 0. The summed E-state index contributed by atoms with van der Waals surface area (Å²) in [4.78, 5) is 0. The standard InChI is InChI=1S/C9H15NS.ClH/c1-2-3-4-9(10)8-5-6-11-7-8;/h5-7,9H,2-4,10H2,1H3;1H. The van der Waals surface area contributed by atoms with Crippen molar-refractivity contribution in [3.05, 3.63) is 22.4 Å². The van der Waals surface area contributed by atoms with Gasteiger partial charge in [-0.25, -0.2) is 0 Å². The maximum atomic E-state index is 5.93. The molecule has 1 rings (SSSR count). The first kappa shape index (κ1) is 11.9. The van der Waals surface area contributed by atoms with Gasteiger partial charge in [0.1, 0.15) is 0 Å². The van der Waals surface area contributed by atoms with Gasteiger partial charge in [-0.2, -0.15) is 11.3 Å². The zero-order chi connectivity index (χ0) is 8.10. The highest BCUT2D eigenvalue weighted by Gasteiger charge is 2.03. The number of nitrogens with two attached hydrogens (primary N) is 1. The molecule has 1 unspecified atom stereocenters. The van der Waals surface area contributed by atoms with Crippen LogP contribution in [0.5, 0.6) is 0 Å². The number of halogens is 1. The van der Waals surface area contributed by atoms with E-state index in [1.54, 1.807) is 11.3 Å². The summed E-state index contributed by atoms with van der Waals surface area (Å²) >= 11 is 1.72. The fourth-order valence-corrected chi connectivity index (χ4v) is 1.80. The van der Waals surface area contributed by atoms with E-state index in [1.807, 2.05) is 0 Å². The van der Waals surface area contributed by atoms with Crippen molar-refractivity contribution in [2.45, 2.75) is 32.2 Å². The molecule has 0 amide bonds. The quantitative estimate of drug-likeness (QED) is 0.802. The van der Waals surface area contributed by atoms with Gasteiger partial charge in [0.2, 0.25) is 0 Å². The third-order valence-electron chi connectivity index (χ3n) is 1.84. The van der Waals surface area contributed by atoms with E-state index < -0.39 is 0 Å². The Kier molecular flexibility index (Phi) is 6.44. The van der Waals surface area contributed by atoms with Gasteiger partial charge in [-0.15, -0.1) is 12.4 Å². The fraction of sp³-hybridized carbons (Fsp3) is 0.556. The second-order valence-corrected chi connectivity index (χ2v) is 3.59. The Hall–Kier alpha value is -0.0500. The average molecular weight is 206 g/mol. The third-order valence-corrected chi connectivity index (χ3v) is 2.54. The van der Waals surface area contributed by atoms with Crippen LogP contribution in [0.2, 0.25) is 0 Å². The van der Waals surface area contributed by atoms with Crippen molar-refractivity contribution in [1.29, 1.82) is 0 Å². The lowest BCUT2D eigenvalue weighted by Gasteiger charge is -2.07. The van der Waals surface area contributed by atoms with E-state index in [-0.39, 0.29) is 18.4 Å². The lowest BCUT2D eigenvalue weighted by molar-refractivity contribution is 0.605. The highest BCUT2D eigenvalue weighted by atomic mass is 35.5. The van der Waals surface area contributed by atoms with Crippen molar-refractivity contribution < 1.29 is 0 Å². The third kappa shape index (κ3) is 3.57. The van der Waals surface area contributed by atoms with Gasteiger partial charge < -0.3 is 5.73 Å². The Morgan fingerprint density at radius 3 is 2.83 bits per heavy atom. The Morgan fingerprint density at radius 2 is 2.33 bits per heavy atom. The van der Waals surface area contributed by atoms with Gasteiger partial charge in [0, 0.05) is 6.04 Å². The van der Waals surface area contributed by atoms with Crippen molar-refractivity contribution in [1.82, 2.24) is 0 Å². The smallest absolute Gasteiger partial charge is 0.0303 e. The maximum absolute atomic E-state index is 5.93. The van der Waals surface area contributed by atoms with Crippen molar-refractivity contribution >= 4 is 23.7 Å². The summed E-state index contributed by atoms with van der Waals surface area (Å²) in [6, 6.07) is 2.38. The molecule has 0 saturated carbocycles. The second-order valence-electron chi connectivity index (χ2n) is 2.81. The summed E-state index contributed by atoms with van der Waals surface area (Å²) in [6.45, 7) is 2.19.